The van der Waals surface area contributed by atoms with Crippen molar-refractivity contribution in [1.82, 2.24) is 29.7 Å². The highest BCUT2D eigenvalue weighted by Gasteiger charge is 2.35. The smallest absolute Gasteiger partial charge is 0.485 e. The molecule has 0 fully saturated rings. The second-order valence-corrected chi connectivity index (χ2v) is 7.24. The summed E-state index contributed by atoms with van der Waals surface area (Å²) in [4.78, 5) is 11.9. The van der Waals surface area contributed by atoms with Gasteiger partial charge >= 0.3 is 6.36 Å². The van der Waals surface area contributed by atoms with Gasteiger partial charge in [0.05, 0.1) is 17.1 Å². The van der Waals surface area contributed by atoms with Gasteiger partial charge in [-0.1, -0.05) is 11.6 Å². The van der Waals surface area contributed by atoms with E-state index in [0.29, 0.717) is 46.9 Å². The molecule has 30 heavy (non-hydrogen) atoms. The molecule has 14 heteroatoms. The molecule has 4 heterocycles. The van der Waals surface area contributed by atoms with E-state index in [4.69, 9.17) is 16.3 Å². The zero-order chi connectivity index (χ0) is 21.1. The summed E-state index contributed by atoms with van der Waals surface area (Å²) in [6.07, 6.45) is -0.0251. The van der Waals surface area contributed by atoms with Gasteiger partial charge in [-0.05, 0) is 18.0 Å². The van der Waals surface area contributed by atoms with Gasteiger partial charge in [0.1, 0.15) is 12.4 Å². The molecule has 1 aliphatic rings. The highest BCUT2D eigenvalue weighted by atomic mass is 35.5. The normalized spacial score (nSPS) is 13.1. The molecule has 0 amide bonds. The summed E-state index contributed by atoms with van der Waals surface area (Å²) in [5.74, 6) is 1.30. The lowest BCUT2D eigenvalue weighted by molar-refractivity contribution is -0.276. The molecule has 0 atom stereocenters. The lowest BCUT2D eigenvalue weighted by atomic mass is 10.2. The Bertz CT molecular complexity index is 1030. The van der Waals surface area contributed by atoms with Crippen molar-refractivity contribution >= 4 is 29.5 Å². The van der Waals surface area contributed by atoms with Crippen molar-refractivity contribution in [1.29, 1.82) is 0 Å². The van der Waals surface area contributed by atoms with E-state index in [-0.39, 0.29) is 12.4 Å². The average molecular weight is 460 g/mol. The van der Waals surface area contributed by atoms with Crippen LogP contribution in [0.1, 0.15) is 5.82 Å². The van der Waals surface area contributed by atoms with Crippen LogP contribution in [0.5, 0.6) is 11.6 Å². The number of aryl methyl sites for hydroxylation is 1. The molecule has 4 rings (SSSR count). The lowest BCUT2D eigenvalue weighted by Gasteiger charge is -2.13. The van der Waals surface area contributed by atoms with Gasteiger partial charge < -0.3 is 9.47 Å². The maximum atomic E-state index is 12.6. The highest BCUT2D eigenvalue weighted by Crippen LogP contribution is 2.40. The monoisotopic (exact) mass is 459 g/mol. The summed E-state index contributed by atoms with van der Waals surface area (Å²) in [5.41, 5.74) is 0.307. The van der Waals surface area contributed by atoms with Gasteiger partial charge in [-0.2, -0.15) is 0 Å². The third-order valence-electron chi connectivity index (χ3n) is 3.90. The van der Waals surface area contributed by atoms with E-state index in [1.54, 1.807) is 4.57 Å². The molecule has 0 saturated heterocycles. The first kappa shape index (κ1) is 20.5. The predicted octanol–water partition coefficient (Wildman–Crippen LogP) is 3.38. The maximum Gasteiger partial charge on any atom is 0.574 e. The van der Waals surface area contributed by atoms with Crippen LogP contribution in [0.2, 0.25) is 5.02 Å². The fourth-order valence-electron chi connectivity index (χ4n) is 2.68. The quantitative estimate of drug-likeness (QED) is 0.439. The van der Waals surface area contributed by atoms with Crippen LogP contribution in [-0.2, 0) is 13.0 Å². The van der Waals surface area contributed by atoms with Gasteiger partial charge in [-0.3, -0.25) is 9.29 Å². The number of aromatic nitrogens is 6. The number of hydrogen-bond acceptors (Lipinski definition) is 9. The summed E-state index contributed by atoms with van der Waals surface area (Å²) in [7, 11) is 0. The molecule has 0 aromatic carbocycles. The van der Waals surface area contributed by atoms with Crippen molar-refractivity contribution < 1.29 is 22.6 Å². The number of nitrogens with one attached hydrogen (secondary N) is 1. The minimum Gasteiger partial charge on any atom is -0.485 e. The van der Waals surface area contributed by atoms with Crippen LogP contribution in [0, 0.1) is 0 Å². The zero-order valence-corrected chi connectivity index (χ0v) is 16.6. The van der Waals surface area contributed by atoms with Gasteiger partial charge in [-0.25, -0.2) is 15.0 Å². The van der Waals surface area contributed by atoms with Crippen LogP contribution in [0.4, 0.5) is 19.1 Å². The van der Waals surface area contributed by atoms with E-state index in [1.165, 1.54) is 36.6 Å². The maximum absolute atomic E-state index is 12.6. The van der Waals surface area contributed by atoms with E-state index in [2.05, 4.69) is 34.6 Å². The summed E-state index contributed by atoms with van der Waals surface area (Å²) in [5, 5.41) is 8.66. The fraction of sp³-hybridized carbons (Fsp3) is 0.312. The molecule has 0 spiro atoms. The molecule has 1 aliphatic heterocycles. The van der Waals surface area contributed by atoms with Crippen LogP contribution in [0.3, 0.4) is 0 Å². The van der Waals surface area contributed by atoms with E-state index in [9.17, 15) is 13.2 Å². The second kappa shape index (κ2) is 8.52. The Morgan fingerprint density at radius 2 is 2.03 bits per heavy atom. The first-order chi connectivity index (χ1) is 14.4. The standard InChI is InChI=1S/C16H13ClF3N7O2S/c17-9-7-22-11(23-8-9)2-6-30-26-15-25-24-13-10-1-3-21-14(29-16(18,19)20)12(10)28-5-4-27(13)15/h1,3,7-8H,2,4-6H2,(H,25,26). The Kier molecular flexibility index (Phi) is 5.81. The predicted molar refractivity (Wildman–Crippen MR) is 102 cm³/mol. The van der Waals surface area contributed by atoms with Crippen molar-refractivity contribution in [2.24, 2.45) is 0 Å². The molecule has 0 radical (unpaired) electrons. The first-order valence-corrected chi connectivity index (χ1v) is 9.92. The molecule has 0 saturated carbocycles. The number of halogens is 4. The van der Waals surface area contributed by atoms with Crippen molar-refractivity contribution in [3.8, 4) is 23.0 Å². The number of pyridine rings is 1. The van der Waals surface area contributed by atoms with Crippen LogP contribution in [0.25, 0.3) is 11.4 Å². The van der Waals surface area contributed by atoms with Gasteiger partial charge in [0.15, 0.2) is 11.6 Å². The van der Waals surface area contributed by atoms with Crippen molar-refractivity contribution in [2.75, 3.05) is 17.1 Å². The zero-order valence-electron chi connectivity index (χ0n) is 15.1. The van der Waals surface area contributed by atoms with E-state index in [1.807, 2.05) is 0 Å². The number of ether oxygens (including phenoxy) is 2. The largest absolute Gasteiger partial charge is 0.574 e. The molecule has 0 aliphatic carbocycles. The van der Waals surface area contributed by atoms with Crippen molar-refractivity contribution in [3.63, 3.8) is 0 Å². The topological polar surface area (TPSA) is 99.9 Å². The second-order valence-electron chi connectivity index (χ2n) is 5.91. The van der Waals surface area contributed by atoms with Gasteiger partial charge in [0, 0.05) is 30.8 Å². The Labute approximate surface area is 177 Å². The summed E-state index contributed by atoms with van der Waals surface area (Å²) in [6, 6.07) is 1.50. The third-order valence-corrected chi connectivity index (χ3v) is 4.83. The SMILES string of the molecule is FC(F)(F)Oc1nccc2c1OCCn1c(NSCCc3ncc(Cl)cn3)nnc1-2. The van der Waals surface area contributed by atoms with Crippen molar-refractivity contribution in [3.05, 3.63) is 35.5 Å². The van der Waals surface area contributed by atoms with E-state index >= 15 is 0 Å². The Balaban J connectivity index is 1.47. The Hall–Kier alpha value is -2.80. The number of fused-ring (bicyclic) bond motifs is 3. The number of alkyl halides is 3. The molecular formula is C16H13ClF3N7O2S. The molecule has 0 bridgehead atoms. The molecule has 9 nitrogen and oxygen atoms in total. The molecule has 0 unspecified atom stereocenters. The third kappa shape index (κ3) is 4.67. The summed E-state index contributed by atoms with van der Waals surface area (Å²) >= 11 is 7.13. The number of nitrogens with zero attached hydrogens (tertiary/aromatic N) is 6. The number of hydrogen-bond donors (Lipinski definition) is 1. The molecule has 3 aromatic rings. The van der Waals surface area contributed by atoms with Gasteiger partial charge in [0.2, 0.25) is 5.95 Å². The average Bonchev–Trinajstić information content (AvgIpc) is 2.99. The number of anilines is 1. The lowest BCUT2D eigenvalue weighted by Crippen LogP contribution is -2.18. The Morgan fingerprint density at radius 3 is 2.80 bits per heavy atom. The molecular weight excluding hydrogens is 447 g/mol. The highest BCUT2D eigenvalue weighted by molar-refractivity contribution is 8.00. The van der Waals surface area contributed by atoms with Crippen LogP contribution < -0.4 is 14.2 Å². The van der Waals surface area contributed by atoms with E-state index < -0.39 is 12.2 Å². The molecule has 1 N–H and O–H groups in total. The molecule has 158 valence electrons. The fourth-order valence-corrected chi connectivity index (χ4v) is 3.45. The Morgan fingerprint density at radius 1 is 1.23 bits per heavy atom. The minimum atomic E-state index is -4.89. The minimum absolute atomic E-state index is 0.0932. The molecule has 3 aromatic heterocycles. The van der Waals surface area contributed by atoms with Gasteiger partial charge in [-0.15, -0.1) is 23.4 Å². The first-order valence-electron chi connectivity index (χ1n) is 8.56. The van der Waals surface area contributed by atoms with Gasteiger partial charge in [0.25, 0.3) is 5.88 Å². The van der Waals surface area contributed by atoms with E-state index in [0.717, 1.165) is 0 Å². The summed E-state index contributed by atoms with van der Waals surface area (Å²) in [6.45, 7) is 0.418. The van der Waals surface area contributed by atoms with Crippen molar-refractivity contribution in [2.45, 2.75) is 19.3 Å². The van der Waals surface area contributed by atoms with Crippen LogP contribution in [0.15, 0.2) is 24.7 Å². The summed E-state index contributed by atoms with van der Waals surface area (Å²) < 4.78 is 52.2. The van der Waals surface area contributed by atoms with Crippen LogP contribution in [-0.4, -0.2) is 48.4 Å². The number of rotatable bonds is 6. The van der Waals surface area contributed by atoms with Crippen LogP contribution >= 0.6 is 23.5 Å².